The second-order valence-electron chi connectivity index (χ2n) is 6.01. The fourth-order valence-electron chi connectivity index (χ4n) is 2.26. The lowest BCUT2D eigenvalue weighted by Crippen LogP contribution is -2.35. The van der Waals surface area contributed by atoms with E-state index < -0.39 is 38.4 Å². The largest absolute Gasteiger partial charge is 0.347 e. The van der Waals surface area contributed by atoms with E-state index in [1.165, 1.54) is 0 Å². The molecule has 0 aliphatic heterocycles. The van der Waals surface area contributed by atoms with E-state index in [9.17, 15) is 26.8 Å². The molecule has 0 spiro atoms. The van der Waals surface area contributed by atoms with Crippen molar-refractivity contribution in [3.63, 3.8) is 0 Å². The molecule has 3 N–H and O–H groups in total. The summed E-state index contributed by atoms with van der Waals surface area (Å²) in [5.74, 6) is -3.45. The second kappa shape index (κ2) is 9.90. The third-order valence-electron chi connectivity index (χ3n) is 3.75. The summed E-state index contributed by atoms with van der Waals surface area (Å²) in [6, 6.07) is 7.46. The molecule has 2 aromatic carbocycles. The second-order valence-corrected chi connectivity index (χ2v) is 8.69. The van der Waals surface area contributed by atoms with E-state index in [1.54, 1.807) is 12.1 Å². The predicted molar refractivity (Wildman–Crippen MR) is 107 cm³/mol. The molecule has 0 saturated carbocycles. The monoisotopic (exact) mass is 489 g/mol. The van der Waals surface area contributed by atoms with Gasteiger partial charge >= 0.3 is 0 Å². The van der Waals surface area contributed by atoms with Crippen LogP contribution in [0.25, 0.3) is 0 Å². The maximum Gasteiger partial charge on any atom is 0.243 e. The number of halogens is 3. The zero-order chi connectivity index (χ0) is 21.6. The van der Waals surface area contributed by atoms with Gasteiger partial charge in [-0.25, -0.2) is 21.9 Å². The maximum absolute atomic E-state index is 13.2. The molecule has 0 atom stereocenters. The number of anilines is 1. The van der Waals surface area contributed by atoms with Crippen LogP contribution in [0.4, 0.5) is 14.5 Å². The smallest absolute Gasteiger partial charge is 0.243 e. The van der Waals surface area contributed by atoms with E-state index in [0.29, 0.717) is 17.8 Å². The Morgan fingerprint density at radius 2 is 1.76 bits per heavy atom. The molecule has 0 heterocycles. The standard InChI is InChI=1S/C18H18BrF2N3O4S/c1-11-8-12(19)2-5-16(11)24-18(26)10-22-17(25)6-7-23-29(27,28)13-3-4-14(20)15(21)9-13/h2-5,8-9,23H,6-7,10H2,1H3,(H,22,25)(H,24,26). The van der Waals surface area contributed by atoms with Crippen molar-refractivity contribution in [2.75, 3.05) is 18.4 Å². The van der Waals surface area contributed by atoms with Crippen molar-refractivity contribution in [2.45, 2.75) is 18.2 Å². The average molecular weight is 490 g/mol. The summed E-state index contributed by atoms with van der Waals surface area (Å²) < 4.78 is 53.0. The fourth-order valence-corrected chi connectivity index (χ4v) is 3.77. The first-order chi connectivity index (χ1) is 13.6. The van der Waals surface area contributed by atoms with Gasteiger partial charge in [-0.1, -0.05) is 15.9 Å². The number of carbonyl (C=O) groups excluding carboxylic acids is 2. The molecule has 11 heteroatoms. The van der Waals surface area contributed by atoms with Gasteiger partial charge in [0.2, 0.25) is 21.8 Å². The third kappa shape index (κ3) is 6.87. The maximum atomic E-state index is 13.2. The van der Waals surface area contributed by atoms with Crippen LogP contribution in [0.15, 0.2) is 45.8 Å². The fraction of sp³-hybridized carbons (Fsp3) is 0.222. The van der Waals surface area contributed by atoms with Crippen LogP contribution in [-0.2, 0) is 19.6 Å². The topological polar surface area (TPSA) is 104 Å². The Morgan fingerprint density at radius 3 is 2.41 bits per heavy atom. The van der Waals surface area contributed by atoms with Crippen LogP contribution < -0.4 is 15.4 Å². The zero-order valence-corrected chi connectivity index (χ0v) is 17.7. The summed E-state index contributed by atoms with van der Waals surface area (Å²) in [7, 11) is -4.10. The van der Waals surface area contributed by atoms with E-state index in [-0.39, 0.29) is 19.5 Å². The van der Waals surface area contributed by atoms with Gasteiger partial charge in [0, 0.05) is 23.1 Å². The van der Waals surface area contributed by atoms with Crippen molar-refractivity contribution in [1.29, 1.82) is 0 Å². The lowest BCUT2D eigenvalue weighted by molar-refractivity contribution is -0.124. The Labute approximate surface area is 175 Å². The molecule has 2 aromatic rings. The molecule has 2 amide bonds. The molecule has 0 bridgehead atoms. The minimum atomic E-state index is -4.10. The normalized spacial score (nSPS) is 11.2. The summed E-state index contributed by atoms with van der Waals surface area (Å²) in [6.45, 7) is 1.25. The van der Waals surface area contributed by atoms with Crippen molar-refractivity contribution < 1.29 is 26.8 Å². The van der Waals surface area contributed by atoms with Crippen LogP contribution >= 0.6 is 15.9 Å². The highest BCUT2D eigenvalue weighted by molar-refractivity contribution is 9.10. The van der Waals surface area contributed by atoms with Gasteiger partial charge in [-0.3, -0.25) is 9.59 Å². The van der Waals surface area contributed by atoms with E-state index in [1.807, 2.05) is 13.0 Å². The van der Waals surface area contributed by atoms with E-state index in [2.05, 4.69) is 31.3 Å². The Morgan fingerprint density at radius 1 is 1.03 bits per heavy atom. The highest BCUT2D eigenvalue weighted by Crippen LogP contribution is 2.19. The van der Waals surface area contributed by atoms with Gasteiger partial charge in [0.05, 0.1) is 11.4 Å². The molecular formula is C18H18BrF2N3O4S. The van der Waals surface area contributed by atoms with Crippen molar-refractivity contribution in [3.8, 4) is 0 Å². The van der Waals surface area contributed by atoms with Crippen molar-refractivity contribution in [1.82, 2.24) is 10.0 Å². The molecule has 156 valence electrons. The third-order valence-corrected chi connectivity index (χ3v) is 5.71. The molecule has 2 rings (SSSR count). The first-order valence-corrected chi connectivity index (χ1v) is 10.6. The Hall–Kier alpha value is -2.37. The number of aryl methyl sites for hydroxylation is 1. The van der Waals surface area contributed by atoms with Crippen molar-refractivity contribution in [2.24, 2.45) is 0 Å². The summed E-state index contributed by atoms with van der Waals surface area (Å²) in [5.41, 5.74) is 1.44. The van der Waals surface area contributed by atoms with Crippen molar-refractivity contribution >= 4 is 43.5 Å². The van der Waals surface area contributed by atoms with Crippen LogP contribution in [0.1, 0.15) is 12.0 Å². The lowest BCUT2D eigenvalue weighted by Gasteiger charge is -2.10. The van der Waals surface area contributed by atoms with Gasteiger partial charge in [0.15, 0.2) is 11.6 Å². The number of nitrogens with one attached hydrogen (secondary N) is 3. The van der Waals surface area contributed by atoms with Crippen LogP contribution in [0.5, 0.6) is 0 Å². The number of sulfonamides is 1. The lowest BCUT2D eigenvalue weighted by atomic mass is 10.2. The van der Waals surface area contributed by atoms with Gasteiger partial charge in [-0.2, -0.15) is 0 Å². The first-order valence-electron chi connectivity index (χ1n) is 8.36. The van der Waals surface area contributed by atoms with Crippen LogP contribution in [0.2, 0.25) is 0 Å². The van der Waals surface area contributed by atoms with Gasteiger partial charge in [-0.05, 0) is 48.9 Å². The summed E-state index contributed by atoms with van der Waals surface area (Å²) >= 11 is 3.32. The minimum Gasteiger partial charge on any atom is -0.347 e. The summed E-state index contributed by atoms with van der Waals surface area (Å²) in [4.78, 5) is 23.2. The number of benzene rings is 2. The summed E-state index contributed by atoms with van der Waals surface area (Å²) in [6.07, 6.45) is -0.243. The molecule has 0 aromatic heterocycles. The van der Waals surface area contributed by atoms with Crippen LogP contribution in [0, 0.1) is 18.6 Å². The quantitative estimate of drug-likeness (QED) is 0.529. The molecule has 0 unspecified atom stereocenters. The molecule has 0 fully saturated rings. The summed E-state index contributed by atoms with van der Waals surface area (Å²) in [5, 5.41) is 5.02. The first kappa shape index (κ1) is 22.9. The van der Waals surface area contributed by atoms with Gasteiger partial charge < -0.3 is 10.6 Å². The molecular weight excluding hydrogens is 472 g/mol. The SMILES string of the molecule is Cc1cc(Br)ccc1NC(=O)CNC(=O)CCNS(=O)(=O)c1ccc(F)c(F)c1. The van der Waals surface area contributed by atoms with Crippen LogP contribution in [0.3, 0.4) is 0 Å². The number of hydrogen-bond donors (Lipinski definition) is 3. The highest BCUT2D eigenvalue weighted by atomic mass is 79.9. The Kier molecular flexibility index (Phi) is 7.82. The minimum absolute atomic E-state index is 0.243. The molecule has 0 radical (unpaired) electrons. The molecule has 0 aliphatic rings. The number of amides is 2. The average Bonchev–Trinajstić information content (AvgIpc) is 2.64. The van der Waals surface area contributed by atoms with Crippen LogP contribution in [-0.4, -0.2) is 33.3 Å². The predicted octanol–water partition coefficient (Wildman–Crippen LogP) is 2.46. The van der Waals surface area contributed by atoms with E-state index in [4.69, 9.17) is 0 Å². The number of rotatable bonds is 8. The Balaban J connectivity index is 1.77. The van der Waals surface area contributed by atoms with Crippen molar-refractivity contribution in [3.05, 3.63) is 58.1 Å². The highest BCUT2D eigenvalue weighted by Gasteiger charge is 2.17. The van der Waals surface area contributed by atoms with Gasteiger partial charge in [0.25, 0.3) is 0 Å². The molecule has 29 heavy (non-hydrogen) atoms. The zero-order valence-electron chi connectivity index (χ0n) is 15.3. The number of hydrogen-bond acceptors (Lipinski definition) is 4. The number of carbonyl (C=O) groups is 2. The van der Waals surface area contributed by atoms with Gasteiger partial charge in [-0.15, -0.1) is 0 Å². The van der Waals surface area contributed by atoms with Gasteiger partial charge in [0.1, 0.15) is 0 Å². The Bertz CT molecular complexity index is 1030. The van der Waals surface area contributed by atoms with E-state index >= 15 is 0 Å². The molecule has 0 saturated heterocycles. The van der Waals surface area contributed by atoms with E-state index in [0.717, 1.165) is 16.1 Å². The molecule has 7 nitrogen and oxygen atoms in total. The molecule has 0 aliphatic carbocycles.